The number of hydrogen-bond acceptors (Lipinski definition) is 3. The van der Waals surface area contributed by atoms with Gasteiger partial charge in [0, 0.05) is 0 Å². The molecule has 0 atom stereocenters. The largest absolute Gasteiger partial charge is 0.493 e. The molecule has 0 heterocycles. The molecule has 0 aliphatic heterocycles. The van der Waals surface area contributed by atoms with Gasteiger partial charge in [0.25, 0.3) is 0 Å². The van der Waals surface area contributed by atoms with Gasteiger partial charge in [0.1, 0.15) is 0 Å². The number of aryl methyl sites for hydroxylation is 2. The van der Waals surface area contributed by atoms with Crippen molar-refractivity contribution in [3.05, 3.63) is 23.3 Å². The van der Waals surface area contributed by atoms with Crippen LogP contribution in [0.3, 0.4) is 0 Å². The van der Waals surface area contributed by atoms with E-state index in [2.05, 4.69) is 24.4 Å². The van der Waals surface area contributed by atoms with E-state index in [-0.39, 0.29) is 0 Å². The predicted octanol–water partition coefficient (Wildman–Crippen LogP) is 2.94. The molecule has 3 nitrogen and oxygen atoms in total. The van der Waals surface area contributed by atoms with Gasteiger partial charge in [0.15, 0.2) is 11.5 Å². The maximum atomic E-state index is 5.34. The zero-order valence-corrected chi connectivity index (χ0v) is 12.0. The third-order valence-electron chi connectivity index (χ3n) is 3.22. The molecule has 18 heavy (non-hydrogen) atoms. The molecule has 3 heteroatoms. The van der Waals surface area contributed by atoms with Crippen molar-refractivity contribution in [2.45, 2.75) is 32.6 Å². The minimum Gasteiger partial charge on any atom is -0.493 e. The number of rotatable bonds is 8. The summed E-state index contributed by atoms with van der Waals surface area (Å²) in [5, 5.41) is 3.17. The van der Waals surface area contributed by atoms with Gasteiger partial charge in [-0.25, -0.2) is 0 Å². The average molecular weight is 251 g/mol. The number of hydrogen-bond donors (Lipinski definition) is 1. The molecule has 1 N–H and O–H groups in total. The van der Waals surface area contributed by atoms with Gasteiger partial charge >= 0.3 is 0 Å². The van der Waals surface area contributed by atoms with Gasteiger partial charge < -0.3 is 14.8 Å². The van der Waals surface area contributed by atoms with Gasteiger partial charge in [0.05, 0.1) is 14.2 Å². The summed E-state index contributed by atoms with van der Waals surface area (Å²) in [4.78, 5) is 0. The van der Waals surface area contributed by atoms with Gasteiger partial charge in [-0.3, -0.25) is 0 Å². The molecule has 0 aliphatic carbocycles. The van der Waals surface area contributed by atoms with Gasteiger partial charge in [-0.05, 0) is 63.0 Å². The Morgan fingerprint density at radius 1 is 1.00 bits per heavy atom. The summed E-state index contributed by atoms with van der Waals surface area (Å²) < 4.78 is 10.6. The highest BCUT2D eigenvalue weighted by atomic mass is 16.5. The van der Waals surface area contributed by atoms with Crippen LogP contribution in [0, 0.1) is 6.92 Å². The summed E-state index contributed by atoms with van der Waals surface area (Å²) in [6.45, 7) is 3.23. The van der Waals surface area contributed by atoms with Crippen LogP contribution in [0.5, 0.6) is 11.5 Å². The Hall–Kier alpha value is -1.22. The molecule has 0 saturated heterocycles. The van der Waals surface area contributed by atoms with Crippen molar-refractivity contribution >= 4 is 0 Å². The van der Waals surface area contributed by atoms with Crippen LogP contribution in [0.25, 0.3) is 0 Å². The second-order valence-corrected chi connectivity index (χ2v) is 4.55. The molecular weight excluding hydrogens is 226 g/mol. The van der Waals surface area contributed by atoms with Crippen LogP contribution in [-0.4, -0.2) is 27.8 Å². The first-order chi connectivity index (χ1) is 8.72. The van der Waals surface area contributed by atoms with Crippen LogP contribution < -0.4 is 14.8 Å². The smallest absolute Gasteiger partial charge is 0.161 e. The van der Waals surface area contributed by atoms with Crippen LogP contribution in [0.15, 0.2) is 12.1 Å². The van der Waals surface area contributed by atoms with E-state index in [1.54, 1.807) is 14.2 Å². The SMILES string of the molecule is CNCCCCCc1cc(OC)c(OC)cc1C. The van der Waals surface area contributed by atoms with Crippen molar-refractivity contribution in [2.24, 2.45) is 0 Å². The summed E-state index contributed by atoms with van der Waals surface area (Å²) in [5.41, 5.74) is 2.64. The number of ether oxygens (including phenoxy) is 2. The molecule has 0 unspecified atom stereocenters. The lowest BCUT2D eigenvalue weighted by molar-refractivity contribution is 0.354. The second-order valence-electron chi connectivity index (χ2n) is 4.55. The molecule has 0 saturated carbocycles. The van der Waals surface area contributed by atoms with Crippen molar-refractivity contribution in [1.82, 2.24) is 5.32 Å². The van der Waals surface area contributed by atoms with Crippen LogP contribution in [0.1, 0.15) is 30.4 Å². The van der Waals surface area contributed by atoms with E-state index in [0.717, 1.165) is 24.5 Å². The molecule has 0 amide bonds. The Morgan fingerprint density at radius 2 is 1.67 bits per heavy atom. The number of unbranched alkanes of at least 4 members (excludes halogenated alkanes) is 2. The fourth-order valence-corrected chi connectivity index (χ4v) is 2.09. The van der Waals surface area contributed by atoms with Crippen LogP contribution in [0.2, 0.25) is 0 Å². The maximum Gasteiger partial charge on any atom is 0.161 e. The molecule has 0 radical (unpaired) electrons. The Morgan fingerprint density at radius 3 is 2.28 bits per heavy atom. The van der Waals surface area contributed by atoms with Gasteiger partial charge in [0.2, 0.25) is 0 Å². The van der Waals surface area contributed by atoms with Crippen molar-refractivity contribution in [3.8, 4) is 11.5 Å². The summed E-state index contributed by atoms with van der Waals surface area (Å²) in [6.07, 6.45) is 4.82. The van der Waals surface area contributed by atoms with Crippen molar-refractivity contribution < 1.29 is 9.47 Å². The first-order valence-corrected chi connectivity index (χ1v) is 6.59. The van der Waals surface area contributed by atoms with E-state index in [1.807, 2.05) is 7.05 Å². The van der Waals surface area contributed by atoms with Gasteiger partial charge in [-0.15, -0.1) is 0 Å². The third-order valence-corrected chi connectivity index (χ3v) is 3.22. The summed E-state index contributed by atoms with van der Waals surface area (Å²) >= 11 is 0. The van der Waals surface area contributed by atoms with Gasteiger partial charge in [-0.2, -0.15) is 0 Å². The summed E-state index contributed by atoms with van der Waals surface area (Å²) in [6, 6.07) is 4.16. The first kappa shape index (κ1) is 14.8. The molecule has 1 aromatic carbocycles. The van der Waals surface area contributed by atoms with E-state index < -0.39 is 0 Å². The van der Waals surface area contributed by atoms with Crippen LogP contribution >= 0.6 is 0 Å². The van der Waals surface area contributed by atoms with Gasteiger partial charge in [-0.1, -0.05) is 6.42 Å². The lowest BCUT2D eigenvalue weighted by atomic mass is 10.0. The van der Waals surface area contributed by atoms with Crippen molar-refractivity contribution in [2.75, 3.05) is 27.8 Å². The van der Waals surface area contributed by atoms with Crippen LogP contribution in [-0.2, 0) is 6.42 Å². The molecule has 0 bridgehead atoms. The molecule has 0 spiro atoms. The van der Waals surface area contributed by atoms with Crippen molar-refractivity contribution in [3.63, 3.8) is 0 Å². The Bertz CT molecular complexity index is 364. The highest BCUT2D eigenvalue weighted by molar-refractivity contribution is 5.47. The van der Waals surface area contributed by atoms with E-state index in [0.29, 0.717) is 0 Å². The Kier molecular flexibility index (Phi) is 6.58. The molecule has 0 aliphatic rings. The highest BCUT2D eigenvalue weighted by Crippen LogP contribution is 2.30. The van der Waals surface area contributed by atoms with E-state index in [9.17, 15) is 0 Å². The minimum absolute atomic E-state index is 0.814. The quantitative estimate of drug-likeness (QED) is 0.721. The summed E-state index contributed by atoms with van der Waals surface area (Å²) in [7, 11) is 5.36. The maximum absolute atomic E-state index is 5.34. The number of benzene rings is 1. The van der Waals surface area contributed by atoms with E-state index in [1.165, 1.54) is 30.4 Å². The minimum atomic E-state index is 0.814. The van der Waals surface area contributed by atoms with E-state index >= 15 is 0 Å². The lowest BCUT2D eigenvalue weighted by Gasteiger charge is -2.12. The molecule has 0 fully saturated rings. The monoisotopic (exact) mass is 251 g/mol. The zero-order valence-electron chi connectivity index (χ0n) is 12.0. The molecule has 1 rings (SSSR count). The first-order valence-electron chi connectivity index (χ1n) is 6.59. The number of nitrogens with one attached hydrogen (secondary N) is 1. The molecule has 1 aromatic rings. The predicted molar refractivity (Wildman–Crippen MR) is 75.8 cm³/mol. The Balaban J connectivity index is 2.59. The molecular formula is C15H25NO2. The fraction of sp³-hybridized carbons (Fsp3) is 0.600. The standard InChI is InChI=1S/C15H25NO2/c1-12-10-14(17-3)15(18-4)11-13(12)8-6-5-7-9-16-2/h10-11,16H,5-9H2,1-4H3. The zero-order chi connectivity index (χ0) is 13.4. The summed E-state index contributed by atoms with van der Waals surface area (Å²) in [5.74, 6) is 1.64. The van der Waals surface area contributed by atoms with E-state index in [4.69, 9.17) is 9.47 Å². The highest BCUT2D eigenvalue weighted by Gasteiger charge is 2.08. The van der Waals surface area contributed by atoms with Crippen LogP contribution in [0.4, 0.5) is 0 Å². The third kappa shape index (κ3) is 4.22. The van der Waals surface area contributed by atoms with Crippen molar-refractivity contribution in [1.29, 1.82) is 0 Å². The topological polar surface area (TPSA) is 30.5 Å². The molecule has 102 valence electrons. The number of methoxy groups -OCH3 is 2. The second kappa shape index (κ2) is 7.98. The lowest BCUT2D eigenvalue weighted by Crippen LogP contribution is -2.07. The molecule has 0 aromatic heterocycles. The Labute approximate surface area is 110 Å². The normalized spacial score (nSPS) is 10.4. The average Bonchev–Trinajstić information content (AvgIpc) is 2.39. The fourth-order valence-electron chi connectivity index (χ4n) is 2.09.